The Hall–Kier alpha value is -2.43. The third kappa shape index (κ3) is 2.77. The van der Waals surface area contributed by atoms with Crippen LogP contribution in [0.1, 0.15) is 23.2 Å². The first-order valence-electron chi connectivity index (χ1n) is 6.55. The number of methoxy groups -OCH3 is 1. The number of carbonyl (C=O) groups is 1. The van der Waals surface area contributed by atoms with Gasteiger partial charge in [-0.1, -0.05) is 12.1 Å². The SMILES string of the molecule is COc1ccc(-c2ccc(C(=O)NC3CC3)cc2)nn1. The summed E-state index contributed by atoms with van der Waals surface area (Å²) in [6, 6.07) is 11.3. The highest BCUT2D eigenvalue weighted by atomic mass is 16.5. The first-order valence-corrected chi connectivity index (χ1v) is 6.55. The fourth-order valence-corrected chi connectivity index (χ4v) is 1.87. The maximum atomic E-state index is 11.9. The molecule has 1 N–H and O–H groups in total. The average molecular weight is 269 g/mol. The molecule has 102 valence electrons. The van der Waals surface area contributed by atoms with Gasteiger partial charge in [-0.25, -0.2) is 0 Å². The van der Waals surface area contributed by atoms with Crippen molar-refractivity contribution in [2.45, 2.75) is 18.9 Å². The highest BCUT2D eigenvalue weighted by Gasteiger charge is 2.23. The van der Waals surface area contributed by atoms with E-state index in [1.165, 1.54) is 0 Å². The number of hydrogen-bond acceptors (Lipinski definition) is 4. The molecule has 0 unspecified atom stereocenters. The van der Waals surface area contributed by atoms with E-state index in [0.717, 1.165) is 24.1 Å². The zero-order chi connectivity index (χ0) is 13.9. The van der Waals surface area contributed by atoms with Crippen LogP contribution in [0, 0.1) is 0 Å². The zero-order valence-electron chi connectivity index (χ0n) is 11.2. The first-order chi connectivity index (χ1) is 9.76. The van der Waals surface area contributed by atoms with Crippen molar-refractivity contribution in [3.05, 3.63) is 42.0 Å². The Morgan fingerprint density at radius 3 is 2.45 bits per heavy atom. The van der Waals surface area contributed by atoms with Crippen LogP contribution in [0.3, 0.4) is 0 Å². The van der Waals surface area contributed by atoms with E-state index in [2.05, 4.69) is 15.5 Å². The van der Waals surface area contributed by atoms with Crippen molar-refractivity contribution in [3.63, 3.8) is 0 Å². The van der Waals surface area contributed by atoms with Gasteiger partial charge in [0.05, 0.1) is 12.8 Å². The standard InChI is InChI=1S/C15H15N3O2/c1-20-14-9-8-13(17-18-14)10-2-4-11(5-3-10)15(19)16-12-6-7-12/h2-5,8-9,12H,6-7H2,1H3,(H,16,19). The molecule has 1 aromatic carbocycles. The predicted octanol–water partition coefficient (Wildman–Crippen LogP) is 2.04. The number of nitrogens with one attached hydrogen (secondary N) is 1. The maximum Gasteiger partial charge on any atom is 0.251 e. The van der Waals surface area contributed by atoms with Crippen LogP contribution >= 0.6 is 0 Å². The summed E-state index contributed by atoms with van der Waals surface area (Å²) in [7, 11) is 1.55. The second kappa shape index (κ2) is 5.28. The molecular weight excluding hydrogens is 254 g/mol. The van der Waals surface area contributed by atoms with Gasteiger partial charge in [-0.2, -0.15) is 0 Å². The van der Waals surface area contributed by atoms with Crippen LogP contribution in [0.25, 0.3) is 11.3 Å². The third-order valence-corrected chi connectivity index (χ3v) is 3.20. The molecule has 1 fully saturated rings. The lowest BCUT2D eigenvalue weighted by Crippen LogP contribution is -2.25. The number of hydrogen-bond donors (Lipinski definition) is 1. The molecule has 1 aliphatic carbocycles. The van der Waals surface area contributed by atoms with Crippen molar-refractivity contribution < 1.29 is 9.53 Å². The summed E-state index contributed by atoms with van der Waals surface area (Å²) >= 11 is 0. The zero-order valence-corrected chi connectivity index (χ0v) is 11.2. The highest BCUT2D eigenvalue weighted by molar-refractivity contribution is 5.95. The van der Waals surface area contributed by atoms with E-state index in [1.807, 2.05) is 18.2 Å². The Morgan fingerprint density at radius 2 is 1.90 bits per heavy atom. The summed E-state index contributed by atoms with van der Waals surface area (Å²) in [4.78, 5) is 11.9. The number of carbonyl (C=O) groups excluding carboxylic acids is 1. The molecule has 5 heteroatoms. The topological polar surface area (TPSA) is 64.1 Å². The van der Waals surface area contributed by atoms with Crippen LogP contribution in [0.5, 0.6) is 5.88 Å². The third-order valence-electron chi connectivity index (χ3n) is 3.20. The fraction of sp³-hybridized carbons (Fsp3) is 0.267. The van der Waals surface area contributed by atoms with E-state index >= 15 is 0 Å². The lowest BCUT2D eigenvalue weighted by molar-refractivity contribution is 0.0951. The second-order valence-electron chi connectivity index (χ2n) is 4.79. The van der Waals surface area contributed by atoms with Crippen LogP contribution in [0.2, 0.25) is 0 Å². The number of rotatable bonds is 4. The second-order valence-corrected chi connectivity index (χ2v) is 4.79. The van der Waals surface area contributed by atoms with Gasteiger partial charge in [-0.3, -0.25) is 4.79 Å². The summed E-state index contributed by atoms with van der Waals surface area (Å²) < 4.78 is 4.97. The molecule has 2 aromatic rings. The molecule has 1 aliphatic rings. The number of ether oxygens (including phenoxy) is 1. The first kappa shape index (κ1) is 12.6. The Kier molecular flexibility index (Phi) is 3.33. The van der Waals surface area contributed by atoms with E-state index in [-0.39, 0.29) is 5.91 Å². The van der Waals surface area contributed by atoms with Gasteiger partial charge < -0.3 is 10.1 Å². The van der Waals surface area contributed by atoms with E-state index in [0.29, 0.717) is 17.5 Å². The Bertz CT molecular complexity index is 604. The van der Waals surface area contributed by atoms with Gasteiger partial charge in [0.15, 0.2) is 0 Å². The molecule has 1 aromatic heterocycles. The maximum absolute atomic E-state index is 11.9. The summed E-state index contributed by atoms with van der Waals surface area (Å²) in [5.41, 5.74) is 2.34. The Balaban J connectivity index is 1.75. The van der Waals surface area contributed by atoms with Crippen LogP contribution in [-0.2, 0) is 0 Å². The minimum Gasteiger partial charge on any atom is -0.480 e. The van der Waals surface area contributed by atoms with Crippen molar-refractivity contribution in [3.8, 4) is 17.1 Å². The van der Waals surface area contributed by atoms with Gasteiger partial charge in [0.25, 0.3) is 5.91 Å². The normalized spacial score (nSPS) is 13.8. The molecule has 20 heavy (non-hydrogen) atoms. The summed E-state index contributed by atoms with van der Waals surface area (Å²) in [6.07, 6.45) is 2.18. The summed E-state index contributed by atoms with van der Waals surface area (Å²) in [5.74, 6) is 0.467. The van der Waals surface area contributed by atoms with Crippen molar-refractivity contribution in [1.82, 2.24) is 15.5 Å². The van der Waals surface area contributed by atoms with Crippen LogP contribution < -0.4 is 10.1 Å². The number of amides is 1. The monoisotopic (exact) mass is 269 g/mol. The highest BCUT2D eigenvalue weighted by Crippen LogP contribution is 2.21. The molecule has 0 bridgehead atoms. The van der Waals surface area contributed by atoms with Crippen molar-refractivity contribution in [1.29, 1.82) is 0 Å². The minimum atomic E-state index is -0.0140. The van der Waals surface area contributed by atoms with Gasteiger partial charge in [-0.15, -0.1) is 10.2 Å². The molecule has 0 saturated heterocycles. The lowest BCUT2D eigenvalue weighted by atomic mass is 10.1. The summed E-state index contributed by atoms with van der Waals surface area (Å²) in [5, 5.41) is 11.0. The quantitative estimate of drug-likeness (QED) is 0.922. The van der Waals surface area contributed by atoms with Crippen LogP contribution in [-0.4, -0.2) is 29.3 Å². The molecule has 1 amide bonds. The van der Waals surface area contributed by atoms with Gasteiger partial charge in [0.1, 0.15) is 0 Å². The minimum absolute atomic E-state index is 0.0140. The molecule has 0 aliphatic heterocycles. The van der Waals surface area contributed by atoms with E-state index in [9.17, 15) is 4.79 Å². The Labute approximate surface area is 117 Å². The van der Waals surface area contributed by atoms with E-state index in [1.54, 1.807) is 25.3 Å². The fourth-order valence-electron chi connectivity index (χ4n) is 1.87. The number of aromatic nitrogens is 2. The largest absolute Gasteiger partial charge is 0.480 e. The lowest BCUT2D eigenvalue weighted by Gasteiger charge is -2.05. The van der Waals surface area contributed by atoms with E-state index in [4.69, 9.17) is 4.74 Å². The molecule has 1 heterocycles. The molecular formula is C15H15N3O2. The molecule has 1 saturated carbocycles. The molecule has 0 atom stereocenters. The number of benzene rings is 1. The Morgan fingerprint density at radius 1 is 1.15 bits per heavy atom. The molecule has 0 radical (unpaired) electrons. The van der Waals surface area contributed by atoms with Gasteiger partial charge in [0, 0.05) is 23.2 Å². The van der Waals surface area contributed by atoms with Gasteiger partial charge >= 0.3 is 0 Å². The van der Waals surface area contributed by atoms with Crippen LogP contribution in [0.4, 0.5) is 0 Å². The predicted molar refractivity (Wildman–Crippen MR) is 74.5 cm³/mol. The van der Waals surface area contributed by atoms with Gasteiger partial charge in [0.2, 0.25) is 5.88 Å². The molecule has 3 rings (SSSR count). The van der Waals surface area contributed by atoms with Crippen molar-refractivity contribution >= 4 is 5.91 Å². The van der Waals surface area contributed by atoms with Gasteiger partial charge in [-0.05, 0) is 31.0 Å². The van der Waals surface area contributed by atoms with Crippen LogP contribution in [0.15, 0.2) is 36.4 Å². The van der Waals surface area contributed by atoms with Crippen molar-refractivity contribution in [2.75, 3.05) is 7.11 Å². The smallest absolute Gasteiger partial charge is 0.251 e. The average Bonchev–Trinajstić information content (AvgIpc) is 3.31. The molecule has 5 nitrogen and oxygen atoms in total. The van der Waals surface area contributed by atoms with E-state index < -0.39 is 0 Å². The number of nitrogens with zero attached hydrogens (tertiary/aromatic N) is 2. The molecule has 0 spiro atoms. The van der Waals surface area contributed by atoms with Crippen molar-refractivity contribution in [2.24, 2.45) is 0 Å². The summed E-state index contributed by atoms with van der Waals surface area (Å²) in [6.45, 7) is 0.